The van der Waals surface area contributed by atoms with Crippen LogP contribution in [0, 0.1) is 6.92 Å². The number of carbonyl (C=O) groups is 1. The lowest BCUT2D eigenvalue weighted by Gasteiger charge is -2.17. The van der Waals surface area contributed by atoms with Gasteiger partial charge in [0.1, 0.15) is 12.3 Å². The number of halogens is 1. The smallest absolute Gasteiger partial charge is 0.316 e. The maximum absolute atomic E-state index is 12.9. The third kappa shape index (κ3) is 11.8. The number of carbonyl (C=O) groups excluding carboxylic acids is 1. The summed E-state index contributed by atoms with van der Waals surface area (Å²) in [7, 11) is 0. The summed E-state index contributed by atoms with van der Waals surface area (Å²) >= 11 is 0. The Balaban J connectivity index is 0.00000612. The largest absolute Gasteiger partial charge is 1.00 e. The summed E-state index contributed by atoms with van der Waals surface area (Å²) in [6.07, 6.45) is 16.3. The van der Waals surface area contributed by atoms with Crippen LogP contribution in [-0.4, -0.2) is 12.5 Å². The Hall–Kier alpha value is -1.63. The van der Waals surface area contributed by atoms with Gasteiger partial charge in [0.25, 0.3) is 5.69 Å². The van der Waals surface area contributed by atoms with Crippen LogP contribution < -0.4 is 38.6 Å². The van der Waals surface area contributed by atoms with Gasteiger partial charge in [0.15, 0.2) is 6.20 Å². The standard InChI is InChI=1S/C30H46N2O2.HI/c1-5-7-8-9-10-11-12-13-14-17-23-34-27-19-20-28(25(3)24-27)26(4)31-30(33)29-18-15-16-22-32(29)21-6-2;/h15-16,18-20,22,24,26H,5-14,17,21,23H2,1-4H3;1H. The number of hydrogen-bond acceptors (Lipinski definition) is 2. The maximum atomic E-state index is 12.9. The molecule has 196 valence electrons. The Morgan fingerprint density at radius 3 is 2.20 bits per heavy atom. The molecule has 1 atom stereocenters. The van der Waals surface area contributed by atoms with Gasteiger partial charge in [-0.2, -0.15) is 4.57 Å². The molecule has 1 amide bonds. The first kappa shape index (κ1) is 31.4. The third-order valence-electron chi connectivity index (χ3n) is 6.46. The quantitative estimate of drug-likeness (QED) is 0.167. The second kappa shape index (κ2) is 18.6. The molecule has 1 heterocycles. The number of benzene rings is 1. The van der Waals surface area contributed by atoms with Crippen LogP contribution in [0.3, 0.4) is 0 Å². The molecule has 0 saturated heterocycles. The fraction of sp³-hybridized carbons (Fsp3) is 0.600. The lowest BCUT2D eigenvalue weighted by Crippen LogP contribution is -3.00. The van der Waals surface area contributed by atoms with Crippen LogP contribution in [0.1, 0.15) is 119 Å². The number of aryl methyl sites for hydroxylation is 2. The van der Waals surface area contributed by atoms with Crippen LogP contribution in [0.4, 0.5) is 0 Å². The Labute approximate surface area is 231 Å². The Morgan fingerprint density at radius 1 is 0.914 bits per heavy atom. The Bertz CT molecular complexity index is 856. The second-order valence-corrected chi connectivity index (χ2v) is 9.52. The number of aromatic nitrogens is 1. The third-order valence-corrected chi connectivity index (χ3v) is 6.46. The minimum Gasteiger partial charge on any atom is -1.00 e. The van der Waals surface area contributed by atoms with Crippen LogP contribution >= 0.6 is 0 Å². The number of nitrogens with one attached hydrogen (secondary N) is 1. The van der Waals surface area contributed by atoms with Crippen molar-refractivity contribution in [3.8, 4) is 5.75 Å². The average Bonchev–Trinajstić information content (AvgIpc) is 2.83. The zero-order valence-electron chi connectivity index (χ0n) is 22.5. The first-order valence-corrected chi connectivity index (χ1v) is 13.6. The van der Waals surface area contributed by atoms with Crippen molar-refractivity contribution < 1.29 is 38.1 Å². The van der Waals surface area contributed by atoms with E-state index in [0.29, 0.717) is 5.69 Å². The molecule has 1 N–H and O–H groups in total. The van der Waals surface area contributed by atoms with E-state index in [-0.39, 0.29) is 35.9 Å². The fourth-order valence-corrected chi connectivity index (χ4v) is 4.47. The molecule has 0 saturated carbocycles. The number of ether oxygens (including phenoxy) is 1. The first-order valence-electron chi connectivity index (χ1n) is 13.6. The van der Waals surface area contributed by atoms with Crippen molar-refractivity contribution in [2.75, 3.05) is 6.61 Å². The van der Waals surface area contributed by atoms with Gasteiger partial charge in [0.2, 0.25) is 0 Å². The summed E-state index contributed by atoms with van der Waals surface area (Å²) in [4.78, 5) is 12.9. The molecule has 0 aliphatic carbocycles. The van der Waals surface area contributed by atoms with Crippen molar-refractivity contribution >= 4 is 5.91 Å². The van der Waals surface area contributed by atoms with Crippen LogP contribution in [-0.2, 0) is 6.54 Å². The predicted molar refractivity (Wildman–Crippen MR) is 141 cm³/mol. The molecule has 4 nitrogen and oxygen atoms in total. The van der Waals surface area contributed by atoms with E-state index in [4.69, 9.17) is 4.74 Å². The topological polar surface area (TPSA) is 42.2 Å². The molecule has 0 aliphatic heterocycles. The Morgan fingerprint density at radius 2 is 1.57 bits per heavy atom. The number of rotatable bonds is 17. The van der Waals surface area contributed by atoms with Gasteiger partial charge in [0.05, 0.1) is 12.6 Å². The maximum Gasteiger partial charge on any atom is 0.316 e. The summed E-state index contributed by atoms with van der Waals surface area (Å²) in [6.45, 7) is 10.1. The normalized spacial score (nSPS) is 11.5. The zero-order valence-corrected chi connectivity index (χ0v) is 24.6. The number of unbranched alkanes of at least 4 members (excludes halogenated alkanes) is 9. The summed E-state index contributed by atoms with van der Waals surface area (Å²) in [6, 6.07) is 11.9. The van der Waals surface area contributed by atoms with Gasteiger partial charge >= 0.3 is 5.91 Å². The van der Waals surface area contributed by atoms with Gasteiger partial charge in [-0.3, -0.25) is 4.79 Å². The molecule has 0 bridgehead atoms. The average molecular weight is 595 g/mol. The van der Waals surface area contributed by atoms with Crippen molar-refractivity contribution in [3.05, 3.63) is 59.4 Å². The summed E-state index contributed by atoms with van der Waals surface area (Å²) < 4.78 is 8.01. The van der Waals surface area contributed by atoms with Crippen molar-refractivity contribution in [1.29, 1.82) is 0 Å². The Kier molecular flexibility index (Phi) is 16.7. The highest BCUT2D eigenvalue weighted by Gasteiger charge is 2.21. The second-order valence-electron chi connectivity index (χ2n) is 9.52. The van der Waals surface area contributed by atoms with Gasteiger partial charge in [0, 0.05) is 18.6 Å². The van der Waals surface area contributed by atoms with Gasteiger partial charge in [-0.1, -0.05) is 77.7 Å². The van der Waals surface area contributed by atoms with Crippen molar-refractivity contribution in [2.24, 2.45) is 0 Å². The number of nitrogens with zero attached hydrogens (tertiary/aromatic N) is 1. The van der Waals surface area contributed by atoms with E-state index in [1.165, 1.54) is 57.8 Å². The van der Waals surface area contributed by atoms with E-state index in [0.717, 1.165) is 42.9 Å². The van der Waals surface area contributed by atoms with E-state index in [9.17, 15) is 4.79 Å². The monoisotopic (exact) mass is 594 g/mol. The predicted octanol–water partition coefficient (Wildman–Crippen LogP) is 4.49. The molecule has 0 radical (unpaired) electrons. The SMILES string of the molecule is CCCCCCCCCCCCOc1ccc(C(C)NC(=O)c2cccc[n+]2CCC)c(C)c1.[I-]. The summed E-state index contributed by atoms with van der Waals surface area (Å²) in [5.74, 6) is 0.877. The lowest BCUT2D eigenvalue weighted by atomic mass is 10.0. The molecule has 0 spiro atoms. The van der Waals surface area contributed by atoms with Crippen LogP contribution in [0.2, 0.25) is 0 Å². The molecule has 0 fully saturated rings. The number of pyridine rings is 1. The minimum atomic E-state index is -0.0706. The van der Waals surface area contributed by atoms with E-state index < -0.39 is 0 Å². The van der Waals surface area contributed by atoms with Crippen molar-refractivity contribution in [1.82, 2.24) is 5.32 Å². The van der Waals surface area contributed by atoms with Crippen LogP contribution in [0.25, 0.3) is 0 Å². The molecule has 1 unspecified atom stereocenters. The molecule has 0 aliphatic rings. The molecule has 2 aromatic rings. The van der Waals surface area contributed by atoms with Gasteiger partial charge < -0.3 is 34.0 Å². The number of amides is 1. The summed E-state index contributed by atoms with van der Waals surface area (Å²) in [5.41, 5.74) is 2.96. The molecule has 1 aromatic heterocycles. The van der Waals surface area contributed by atoms with E-state index in [2.05, 4.69) is 38.2 Å². The van der Waals surface area contributed by atoms with Crippen molar-refractivity contribution in [2.45, 2.75) is 111 Å². The van der Waals surface area contributed by atoms with Crippen LogP contribution in [0.15, 0.2) is 42.6 Å². The van der Waals surface area contributed by atoms with Gasteiger partial charge in [-0.15, -0.1) is 0 Å². The van der Waals surface area contributed by atoms with E-state index in [1.54, 1.807) is 0 Å². The minimum absolute atomic E-state index is 0. The zero-order chi connectivity index (χ0) is 24.6. The highest BCUT2D eigenvalue weighted by Crippen LogP contribution is 2.23. The molecular formula is C30H47IN2O2. The van der Waals surface area contributed by atoms with Gasteiger partial charge in [-0.25, -0.2) is 0 Å². The highest BCUT2D eigenvalue weighted by atomic mass is 127. The number of hydrogen-bond donors (Lipinski definition) is 1. The lowest BCUT2D eigenvalue weighted by molar-refractivity contribution is -0.698. The molecule has 5 heteroatoms. The molecular weight excluding hydrogens is 547 g/mol. The molecule has 35 heavy (non-hydrogen) atoms. The van der Waals surface area contributed by atoms with E-state index >= 15 is 0 Å². The first-order chi connectivity index (χ1) is 16.6. The van der Waals surface area contributed by atoms with Crippen LogP contribution in [0.5, 0.6) is 5.75 Å². The van der Waals surface area contributed by atoms with Crippen molar-refractivity contribution in [3.63, 3.8) is 0 Å². The summed E-state index contributed by atoms with van der Waals surface area (Å²) in [5, 5.41) is 3.16. The molecule has 1 aromatic carbocycles. The van der Waals surface area contributed by atoms with Gasteiger partial charge in [-0.05, 0) is 49.6 Å². The highest BCUT2D eigenvalue weighted by molar-refractivity contribution is 5.91. The van der Waals surface area contributed by atoms with E-state index in [1.807, 2.05) is 42.0 Å². The molecule has 2 rings (SSSR count). The fourth-order valence-electron chi connectivity index (χ4n) is 4.47.